The molecule has 0 aliphatic carbocycles. The molecule has 0 radical (unpaired) electrons. The van der Waals surface area contributed by atoms with Crippen LogP contribution in [0, 0.1) is 0 Å². The molecule has 4 nitrogen and oxygen atoms in total. The van der Waals surface area contributed by atoms with Crippen molar-refractivity contribution in [3.05, 3.63) is 29.8 Å². The number of anilines is 1. The predicted molar refractivity (Wildman–Crippen MR) is 94.5 cm³/mol. The van der Waals surface area contributed by atoms with Gasteiger partial charge in [0.15, 0.2) is 0 Å². The van der Waals surface area contributed by atoms with Crippen LogP contribution in [0.5, 0.6) is 0 Å². The molecule has 2 aliphatic heterocycles. The predicted octanol–water partition coefficient (Wildman–Crippen LogP) is 3.59. The Morgan fingerprint density at radius 1 is 1.43 bits per heavy atom. The molecule has 2 heterocycles. The first-order valence-electron chi connectivity index (χ1n) is 8.31. The fourth-order valence-corrected chi connectivity index (χ4v) is 4.80. The van der Waals surface area contributed by atoms with Gasteiger partial charge in [0.1, 0.15) is 6.04 Å². The van der Waals surface area contributed by atoms with Crippen molar-refractivity contribution >= 4 is 29.3 Å². The smallest absolute Gasteiger partial charge is 0.248 e. The van der Waals surface area contributed by atoms with Crippen molar-refractivity contribution in [2.45, 2.75) is 56.9 Å². The average molecular weight is 332 g/mol. The molecule has 1 N–H and O–H groups in total. The number of fused-ring (bicyclic) bond motifs is 1. The Morgan fingerprint density at radius 2 is 2.13 bits per heavy atom. The molecule has 0 spiro atoms. The molecular weight excluding hydrogens is 308 g/mol. The van der Waals surface area contributed by atoms with Crippen LogP contribution in [0.4, 0.5) is 5.69 Å². The van der Waals surface area contributed by atoms with Gasteiger partial charge in [-0.25, -0.2) is 0 Å². The largest absolute Gasteiger partial charge is 0.324 e. The highest BCUT2D eigenvalue weighted by molar-refractivity contribution is 8.01. The summed E-state index contributed by atoms with van der Waals surface area (Å²) in [5, 5.41) is 2.97. The minimum Gasteiger partial charge on any atom is -0.324 e. The summed E-state index contributed by atoms with van der Waals surface area (Å²) in [5.41, 5.74) is 2.08. The van der Waals surface area contributed by atoms with Gasteiger partial charge in [-0.3, -0.25) is 9.59 Å². The lowest BCUT2D eigenvalue weighted by Gasteiger charge is -2.29. The van der Waals surface area contributed by atoms with Crippen molar-refractivity contribution < 1.29 is 9.59 Å². The van der Waals surface area contributed by atoms with Gasteiger partial charge in [0, 0.05) is 17.9 Å². The van der Waals surface area contributed by atoms with Gasteiger partial charge >= 0.3 is 0 Å². The van der Waals surface area contributed by atoms with Crippen LogP contribution in [-0.2, 0) is 9.59 Å². The Morgan fingerprint density at radius 3 is 2.78 bits per heavy atom. The van der Waals surface area contributed by atoms with Gasteiger partial charge in [0.05, 0.1) is 4.87 Å². The number of hydrogen-bond donors (Lipinski definition) is 1. The van der Waals surface area contributed by atoms with E-state index < -0.39 is 0 Å². The van der Waals surface area contributed by atoms with Crippen LogP contribution >= 0.6 is 11.8 Å². The lowest BCUT2D eigenvalue weighted by atomic mass is 9.98. The molecule has 2 amide bonds. The van der Waals surface area contributed by atoms with E-state index in [0.29, 0.717) is 18.1 Å². The summed E-state index contributed by atoms with van der Waals surface area (Å²) in [4.78, 5) is 26.3. The number of benzene rings is 1. The van der Waals surface area contributed by atoms with E-state index >= 15 is 0 Å². The number of hydrogen-bond acceptors (Lipinski definition) is 3. The first-order chi connectivity index (χ1) is 10.9. The molecule has 3 atom stereocenters. The fraction of sp³-hybridized carbons (Fsp3) is 0.556. The zero-order chi connectivity index (χ0) is 16.6. The molecule has 23 heavy (non-hydrogen) atoms. The molecule has 1 aromatic rings. The molecule has 0 bridgehead atoms. The van der Waals surface area contributed by atoms with Gasteiger partial charge in [0.2, 0.25) is 11.8 Å². The van der Waals surface area contributed by atoms with Gasteiger partial charge in [-0.05, 0) is 43.4 Å². The number of carbonyl (C=O) groups excluding carboxylic acids is 2. The fourth-order valence-electron chi connectivity index (χ4n) is 3.37. The topological polar surface area (TPSA) is 49.4 Å². The Bertz CT molecular complexity index is 616. The molecule has 3 rings (SSSR count). The second-order valence-corrected chi connectivity index (χ2v) is 8.19. The van der Waals surface area contributed by atoms with E-state index in [9.17, 15) is 9.59 Å². The Hall–Kier alpha value is -1.49. The summed E-state index contributed by atoms with van der Waals surface area (Å²) in [6, 6.07) is 7.68. The Kier molecular flexibility index (Phi) is 4.41. The maximum atomic E-state index is 12.6. The van der Waals surface area contributed by atoms with Crippen molar-refractivity contribution in [3.63, 3.8) is 0 Å². The first-order valence-corrected chi connectivity index (χ1v) is 9.30. The van der Waals surface area contributed by atoms with Gasteiger partial charge in [-0.1, -0.05) is 26.0 Å². The van der Waals surface area contributed by atoms with Crippen LogP contribution in [-0.4, -0.2) is 33.4 Å². The zero-order valence-corrected chi connectivity index (χ0v) is 14.8. The van der Waals surface area contributed by atoms with E-state index in [1.165, 1.54) is 5.56 Å². The van der Waals surface area contributed by atoms with Crippen molar-refractivity contribution in [2.75, 3.05) is 11.1 Å². The van der Waals surface area contributed by atoms with Crippen LogP contribution in [0.2, 0.25) is 0 Å². The van der Waals surface area contributed by atoms with Crippen LogP contribution in [0.15, 0.2) is 24.3 Å². The lowest BCUT2D eigenvalue weighted by Crippen LogP contribution is -2.48. The van der Waals surface area contributed by atoms with Crippen molar-refractivity contribution in [1.82, 2.24) is 4.90 Å². The van der Waals surface area contributed by atoms with Gasteiger partial charge < -0.3 is 10.2 Å². The zero-order valence-electron chi connectivity index (χ0n) is 14.0. The third kappa shape index (κ3) is 2.99. The molecular formula is C18H24N2O2S. The van der Waals surface area contributed by atoms with E-state index in [1.54, 1.807) is 16.7 Å². The van der Waals surface area contributed by atoms with E-state index in [0.717, 1.165) is 18.5 Å². The monoisotopic (exact) mass is 332 g/mol. The van der Waals surface area contributed by atoms with Gasteiger partial charge in [-0.2, -0.15) is 0 Å². The first kappa shape index (κ1) is 16.4. The van der Waals surface area contributed by atoms with E-state index in [4.69, 9.17) is 0 Å². The quantitative estimate of drug-likeness (QED) is 0.916. The summed E-state index contributed by atoms with van der Waals surface area (Å²) < 4.78 is 0. The second-order valence-electron chi connectivity index (χ2n) is 6.69. The molecule has 0 aromatic heterocycles. The summed E-state index contributed by atoms with van der Waals surface area (Å²) >= 11 is 1.72. The molecule has 124 valence electrons. The maximum absolute atomic E-state index is 12.6. The minimum atomic E-state index is -0.353. The van der Waals surface area contributed by atoms with E-state index in [2.05, 4.69) is 38.2 Å². The molecule has 2 saturated heterocycles. The highest BCUT2D eigenvalue weighted by atomic mass is 32.2. The lowest BCUT2D eigenvalue weighted by molar-refractivity contribution is -0.135. The maximum Gasteiger partial charge on any atom is 0.248 e. The number of amides is 2. The molecule has 5 heteroatoms. The normalized spacial score (nSPS) is 27.9. The number of thioether (sulfide) groups is 1. The van der Waals surface area contributed by atoms with E-state index in [1.807, 2.05) is 12.1 Å². The number of nitrogens with zero attached hydrogens (tertiary/aromatic N) is 1. The molecule has 2 fully saturated rings. The highest BCUT2D eigenvalue weighted by Crippen LogP contribution is 2.47. The van der Waals surface area contributed by atoms with Crippen LogP contribution in [0.25, 0.3) is 0 Å². The highest BCUT2D eigenvalue weighted by Gasteiger charge is 2.52. The van der Waals surface area contributed by atoms with Crippen molar-refractivity contribution in [3.8, 4) is 0 Å². The van der Waals surface area contributed by atoms with E-state index in [-0.39, 0.29) is 22.7 Å². The second kappa shape index (κ2) is 6.19. The minimum absolute atomic E-state index is 0.0761. The molecule has 1 aromatic carbocycles. The van der Waals surface area contributed by atoms with Gasteiger partial charge in [-0.15, -0.1) is 11.8 Å². The number of nitrogens with one attached hydrogen (secondary N) is 1. The average Bonchev–Trinajstić information content (AvgIpc) is 3.04. The SMILES string of the molecule is CC[C@H](C)c1ccc(NC(=O)[C@H]2CS[C@]3(C)CCC(=O)N23)cc1. The Balaban J connectivity index is 1.69. The molecule has 0 saturated carbocycles. The van der Waals surface area contributed by atoms with Crippen molar-refractivity contribution in [2.24, 2.45) is 0 Å². The van der Waals surface area contributed by atoms with Crippen molar-refractivity contribution in [1.29, 1.82) is 0 Å². The summed E-state index contributed by atoms with van der Waals surface area (Å²) in [6.07, 6.45) is 2.49. The summed E-state index contributed by atoms with van der Waals surface area (Å²) in [5.74, 6) is 1.23. The Labute approximate surface area is 142 Å². The third-order valence-corrected chi connectivity index (χ3v) is 6.61. The summed E-state index contributed by atoms with van der Waals surface area (Å²) in [7, 11) is 0. The van der Waals surface area contributed by atoms with Gasteiger partial charge in [0.25, 0.3) is 0 Å². The molecule has 0 unspecified atom stereocenters. The van der Waals surface area contributed by atoms with Crippen LogP contribution < -0.4 is 5.32 Å². The van der Waals surface area contributed by atoms with Crippen LogP contribution in [0.1, 0.15) is 51.5 Å². The molecule has 2 aliphatic rings. The standard InChI is InChI=1S/C18H24N2O2S/c1-4-12(2)13-5-7-14(8-6-13)19-17(22)15-11-23-18(3)10-9-16(21)20(15)18/h5-8,12,15H,4,9-11H2,1-3H3,(H,19,22)/t12-,15+,18+/m0/s1. The number of carbonyl (C=O) groups is 2. The van der Waals surface area contributed by atoms with Crippen LogP contribution in [0.3, 0.4) is 0 Å². The number of rotatable bonds is 4. The third-order valence-electron chi connectivity index (χ3n) is 5.11. The summed E-state index contributed by atoms with van der Waals surface area (Å²) in [6.45, 7) is 6.43.